The van der Waals surface area contributed by atoms with Crippen LogP contribution in [0.25, 0.3) is 21.9 Å². The molecule has 0 saturated carbocycles. The van der Waals surface area contributed by atoms with Crippen LogP contribution in [0.2, 0.25) is 0 Å². The van der Waals surface area contributed by atoms with Gasteiger partial charge < -0.3 is 31.2 Å². The first-order chi connectivity index (χ1) is 18.0. The van der Waals surface area contributed by atoms with E-state index in [9.17, 15) is 0 Å². The molecule has 0 atom stereocenters. The van der Waals surface area contributed by atoms with E-state index < -0.39 is 0 Å². The summed E-state index contributed by atoms with van der Waals surface area (Å²) in [6, 6.07) is 14.4. The first-order valence-corrected chi connectivity index (χ1v) is 13.3. The molecule has 4 rings (SSSR count). The number of ether oxygens (including phenoxy) is 1. The van der Waals surface area contributed by atoms with Crippen molar-refractivity contribution < 1.29 is 9.84 Å². The van der Waals surface area contributed by atoms with Crippen LogP contribution in [0.3, 0.4) is 0 Å². The molecule has 2 aromatic heterocycles. The molecular formula is C29H42N6O2. The Labute approximate surface area is 220 Å². The van der Waals surface area contributed by atoms with Gasteiger partial charge in [0.2, 0.25) is 5.95 Å². The molecule has 200 valence electrons. The zero-order chi connectivity index (χ0) is 26.6. The number of nitrogens with two attached hydrogens (primary N) is 2. The predicted molar refractivity (Wildman–Crippen MR) is 154 cm³/mol. The van der Waals surface area contributed by atoms with Crippen molar-refractivity contribution in [1.29, 1.82) is 0 Å². The third-order valence-electron chi connectivity index (χ3n) is 6.37. The molecule has 0 aliphatic rings. The van der Waals surface area contributed by atoms with Crippen LogP contribution in [0.4, 0.5) is 11.8 Å². The molecule has 8 nitrogen and oxygen atoms in total. The van der Waals surface area contributed by atoms with Gasteiger partial charge in [0.05, 0.1) is 19.2 Å². The normalized spacial score (nSPS) is 11.0. The number of anilines is 2. The summed E-state index contributed by atoms with van der Waals surface area (Å²) in [6.07, 6.45) is 7.04. The standard InChI is InChI=1S/C23H28N6O.C6H14O/c1-3-4-11-26-13-15-9-10-19(30-2)16(12-15)14-29-18-8-6-5-7-17(18)20-21(29)22(24)28-23(25)27-20;1-2-3-4-5-6-7/h5-10,12,26H,3-4,11,13-14H2,1-2H3,(H4,24,25,27,28);7H,2-6H2,1H3. The zero-order valence-electron chi connectivity index (χ0n) is 22.5. The molecule has 8 heteroatoms. The Kier molecular flexibility index (Phi) is 11.0. The van der Waals surface area contributed by atoms with E-state index in [1.54, 1.807) is 7.11 Å². The smallest absolute Gasteiger partial charge is 0.222 e. The number of hydrogen-bond acceptors (Lipinski definition) is 7. The van der Waals surface area contributed by atoms with Crippen LogP contribution in [0.15, 0.2) is 42.5 Å². The summed E-state index contributed by atoms with van der Waals surface area (Å²) < 4.78 is 7.79. The fraction of sp³-hybridized carbons (Fsp3) is 0.448. The molecule has 0 bridgehead atoms. The Morgan fingerprint density at radius 3 is 2.49 bits per heavy atom. The maximum atomic E-state index is 8.29. The van der Waals surface area contributed by atoms with Crippen LogP contribution >= 0.6 is 0 Å². The lowest BCUT2D eigenvalue weighted by Gasteiger charge is -2.14. The molecule has 0 spiro atoms. The van der Waals surface area contributed by atoms with Crippen molar-refractivity contribution in [1.82, 2.24) is 19.9 Å². The van der Waals surface area contributed by atoms with Crippen molar-refractivity contribution in [3.63, 3.8) is 0 Å². The molecule has 37 heavy (non-hydrogen) atoms. The first-order valence-electron chi connectivity index (χ1n) is 13.3. The third-order valence-corrected chi connectivity index (χ3v) is 6.37. The van der Waals surface area contributed by atoms with E-state index >= 15 is 0 Å². The SMILES string of the molecule is CCCCCCO.CCCCNCc1ccc(OC)c(Cn2c3ccccc3c3nc(N)nc(N)c32)c1. The van der Waals surface area contributed by atoms with Gasteiger partial charge in [0, 0.05) is 24.1 Å². The van der Waals surface area contributed by atoms with Crippen LogP contribution < -0.4 is 21.5 Å². The van der Waals surface area contributed by atoms with Gasteiger partial charge in [-0.15, -0.1) is 0 Å². The van der Waals surface area contributed by atoms with E-state index in [0.717, 1.165) is 52.8 Å². The molecule has 0 aliphatic carbocycles. The van der Waals surface area contributed by atoms with Gasteiger partial charge in [-0.25, -0.2) is 4.98 Å². The number of nitrogen functional groups attached to an aromatic ring is 2. The Bertz CT molecular complexity index is 1270. The van der Waals surface area contributed by atoms with Gasteiger partial charge in [-0.05, 0) is 43.1 Å². The zero-order valence-corrected chi connectivity index (χ0v) is 22.5. The molecule has 0 aliphatic heterocycles. The van der Waals surface area contributed by atoms with Crippen LogP contribution in [-0.4, -0.2) is 39.9 Å². The first kappa shape index (κ1) is 28.2. The predicted octanol–water partition coefficient (Wildman–Crippen LogP) is 5.25. The lowest BCUT2D eigenvalue weighted by atomic mass is 10.1. The number of nitrogens with zero attached hydrogens (tertiary/aromatic N) is 3. The van der Waals surface area contributed by atoms with Crippen molar-refractivity contribution in [2.75, 3.05) is 31.7 Å². The van der Waals surface area contributed by atoms with E-state index in [1.807, 2.05) is 24.3 Å². The maximum Gasteiger partial charge on any atom is 0.222 e. The molecule has 4 aromatic rings. The van der Waals surface area contributed by atoms with Gasteiger partial charge in [0.15, 0.2) is 5.82 Å². The number of nitrogens with one attached hydrogen (secondary N) is 1. The molecule has 2 aromatic carbocycles. The number of unbranched alkanes of at least 4 members (excludes halogenated alkanes) is 4. The van der Waals surface area contributed by atoms with E-state index in [-0.39, 0.29) is 5.95 Å². The summed E-state index contributed by atoms with van der Waals surface area (Å²) in [6.45, 7) is 7.15. The molecule has 0 fully saturated rings. The number of aliphatic hydroxyl groups is 1. The Morgan fingerprint density at radius 1 is 0.973 bits per heavy atom. The summed E-state index contributed by atoms with van der Waals surface area (Å²) in [5.74, 6) is 1.40. The molecule has 0 amide bonds. The monoisotopic (exact) mass is 506 g/mol. The summed E-state index contributed by atoms with van der Waals surface area (Å²) in [5, 5.41) is 12.8. The lowest BCUT2D eigenvalue weighted by molar-refractivity contribution is 0.283. The highest BCUT2D eigenvalue weighted by atomic mass is 16.5. The number of benzene rings is 2. The fourth-order valence-electron chi connectivity index (χ4n) is 4.45. The minimum atomic E-state index is 0.181. The Hall–Kier alpha value is -3.36. The highest BCUT2D eigenvalue weighted by Crippen LogP contribution is 2.33. The molecule has 2 heterocycles. The van der Waals surface area contributed by atoms with Crippen LogP contribution in [0.1, 0.15) is 63.5 Å². The molecule has 6 N–H and O–H groups in total. The number of aromatic nitrogens is 3. The van der Waals surface area contributed by atoms with Gasteiger partial charge in [0.25, 0.3) is 0 Å². The maximum absolute atomic E-state index is 8.29. The molecular weight excluding hydrogens is 464 g/mol. The largest absolute Gasteiger partial charge is 0.496 e. The van der Waals surface area contributed by atoms with Crippen LogP contribution in [0, 0.1) is 0 Å². The topological polar surface area (TPSA) is 124 Å². The highest BCUT2D eigenvalue weighted by molar-refractivity contribution is 6.09. The van der Waals surface area contributed by atoms with E-state index in [0.29, 0.717) is 19.0 Å². The lowest BCUT2D eigenvalue weighted by Crippen LogP contribution is -2.15. The van der Waals surface area contributed by atoms with Crippen molar-refractivity contribution in [3.8, 4) is 5.75 Å². The van der Waals surface area contributed by atoms with E-state index in [2.05, 4.69) is 51.9 Å². The van der Waals surface area contributed by atoms with Gasteiger partial charge >= 0.3 is 0 Å². The molecule has 0 saturated heterocycles. The number of fused-ring (bicyclic) bond motifs is 3. The Morgan fingerprint density at radius 2 is 1.76 bits per heavy atom. The minimum absolute atomic E-state index is 0.181. The van der Waals surface area contributed by atoms with E-state index in [4.69, 9.17) is 21.3 Å². The quantitative estimate of drug-likeness (QED) is 0.193. The van der Waals surface area contributed by atoms with Crippen molar-refractivity contribution >= 4 is 33.7 Å². The van der Waals surface area contributed by atoms with Crippen LogP contribution in [0.5, 0.6) is 5.75 Å². The van der Waals surface area contributed by atoms with Crippen molar-refractivity contribution in [2.24, 2.45) is 0 Å². The highest BCUT2D eigenvalue weighted by Gasteiger charge is 2.17. The molecule has 0 unspecified atom stereocenters. The second-order valence-electron chi connectivity index (χ2n) is 9.23. The van der Waals surface area contributed by atoms with Gasteiger partial charge in [-0.1, -0.05) is 63.8 Å². The van der Waals surface area contributed by atoms with Crippen molar-refractivity contribution in [2.45, 2.75) is 65.5 Å². The van der Waals surface area contributed by atoms with Gasteiger partial charge in [0.1, 0.15) is 16.8 Å². The van der Waals surface area contributed by atoms with Gasteiger partial charge in [-0.3, -0.25) is 0 Å². The Balaban J connectivity index is 0.000000479. The van der Waals surface area contributed by atoms with Gasteiger partial charge in [-0.2, -0.15) is 4.98 Å². The number of methoxy groups -OCH3 is 1. The molecule has 0 radical (unpaired) electrons. The fourth-order valence-corrected chi connectivity index (χ4v) is 4.45. The third kappa shape index (κ3) is 7.33. The average molecular weight is 507 g/mol. The summed E-state index contributed by atoms with van der Waals surface area (Å²) >= 11 is 0. The summed E-state index contributed by atoms with van der Waals surface area (Å²) in [4.78, 5) is 8.67. The second-order valence-corrected chi connectivity index (χ2v) is 9.23. The van der Waals surface area contributed by atoms with E-state index in [1.165, 1.54) is 37.7 Å². The number of aliphatic hydroxyl groups excluding tert-OH is 1. The number of para-hydroxylation sites is 1. The van der Waals surface area contributed by atoms with Crippen molar-refractivity contribution in [3.05, 3.63) is 53.6 Å². The number of rotatable bonds is 12. The minimum Gasteiger partial charge on any atom is -0.496 e. The summed E-state index contributed by atoms with van der Waals surface area (Å²) in [7, 11) is 1.70. The second kappa shape index (κ2) is 14.4. The average Bonchev–Trinajstić information content (AvgIpc) is 3.21. The van der Waals surface area contributed by atoms with Crippen LogP contribution in [-0.2, 0) is 13.1 Å². The number of hydrogen-bond donors (Lipinski definition) is 4. The summed E-state index contributed by atoms with van der Waals surface area (Å²) in [5.41, 5.74) is 17.0.